The zero-order valence-electron chi connectivity index (χ0n) is 4.82. The van der Waals surface area contributed by atoms with E-state index >= 15 is 0 Å². The highest BCUT2D eigenvalue weighted by Gasteiger charge is 2.00. The number of allylic oxidation sites excluding steroid dienone is 1. The monoisotopic (exact) mass is 122 g/mol. The van der Waals surface area contributed by atoms with Gasteiger partial charge >= 0.3 is 0 Å². The number of nitrogens with zero attached hydrogens (tertiary/aromatic N) is 2. The molecule has 1 aliphatic rings. The van der Waals surface area contributed by atoms with Crippen LogP contribution in [0.4, 0.5) is 0 Å². The van der Waals surface area contributed by atoms with Crippen molar-refractivity contribution in [3.8, 4) is 0 Å². The molecule has 0 aromatic carbocycles. The Morgan fingerprint density at radius 2 is 2.67 bits per heavy atom. The molecule has 1 heterocycles. The van der Waals surface area contributed by atoms with E-state index in [0.717, 1.165) is 0 Å². The van der Waals surface area contributed by atoms with Crippen molar-refractivity contribution >= 4 is 12.3 Å². The van der Waals surface area contributed by atoms with Crippen LogP contribution in [-0.4, -0.2) is 18.5 Å². The summed E-state index contributed by atoms with van der Waals surface area (Å²) in [6.07, 6.45) is 7.34. The van der Waals surface area contributed by atoms with Gasteiger partial charge in [-0.15, -0.1) is 0 Å². The number of hydrogen-bond acceptors (Lipinski definition) is 3. The zero-order chi connectivity index (χ0) is 6.53. The average Bonchev–Trinajstić information content (AvgIpc) is 1.91. The summed E-state index contributed by atoms with van der Waals surface area (Å²) in [5.41, 5.74) is 0. The first-order valence-corrected chi connectivity index (χ1v) is 2.69. The minimum absolute atomic E-state index is 0.215. The predicted molar refractivity (Wildman–Crippen MR) is 34.2 cm³/mol. The SMILES string of the molecule is O=C=NC1CC=CC=N1. The minimum atomic E-state index is -0.215. The van der Waals surface area contributed by atoms with Crippen molar-refractivity contribution in [3.05, 3.63) is 12.2 Å². The smallest absolute Gasteiger partial charge is 0.237 e. The lowest BCUT2D eigenvalue weighted by Gasteiger charge is -2.01. The summed E-state index contributed by atoms with van der Waals surface area (Å²) in [4.78, 5) is 17.0. The van der Waals surface area contributed by atoms with Gasteiger partial charge in [-0.1, -0.05) is 6.08 Å². The van der Waals surface area contributed by atoms with Crippen LogP contribution in [0.25, 0.3) is 0 Å². The first-order valence-electron chi connectivity index (χ1n) is 2.69. The van der Waals surface area contributed by atoms with E-state index < -0.39 is 0 Å². The van der Waals surface area contributed by atoms with Crippen molar-refractivity contribution < 1.29 is 4.79 Å². The molecule has 0 aromatic rings. The molecule has 0 spiro atoms. The maximum Gasteiger partial charge on any atom is 0.237 e. The Balaban J connectivity index is 2.55. The maximum absolute atomic E-state index is 9.68. The lowest BCUT2D eigenvalue weighted by atomic mass is 10.3. The lowest BCUT2D eigenvalue weighted by Crippen LogP contribution is -2.00. The molecule has 9 heavy (non-hydrogen) atoms. The maximum atomic E-state index is 9.68. The first kappa shape index (κ1) is 5.92. The molecule has 1 aliphatic heterocycles. The number of isocyanates is 1. The van der Waals surface area contributed by atoms with Gasteiger partial charge in [0, 0.05) is 12.6 Å². The predicted octanol–water partition coefficient (Wildman–Crippen LogP) is 0.679. The van der Waals surface area contributed by atoms with Crippen molar-refractivity contribution in [2.75, 3.05) is 0 Å². The standard InChI is InChI=1S/C6H6N2O/c9-5-8-6-3-1-2-4-7-6/h1-2,4,6H,3H2. The molecule has 0 aromatic heterocycles. The Kier molecular flexibility index (Phi) is 1.94. The lowest BCUT2D eigenvalue weighted by molar-refractivity contribution is 0.557. The Labute approximate surface area is 52.8 Å². The summed E-state index contributed by atoms with van der Waals surface area (Å²) in [5.74, 6) is 0. The van der Waals surface area contributed by atoms with Crippen molar-refractivity contribution in [1.82, 2.24) is 0 Å². The second-order valence-corrected chi connectivity index (χ2v) is 1.66. The fourth-order valence-electron chi connectivity index (χ4n) is 0.618. The summed E-state index contributed by atoms with van der Waals surface area (Å²) in [5, 5.41) is 0. The van der Waals surface area contributed by atoms with E-state index in [1.807, 2.05) is 12.2 Å². The first-order chi connectivity index (χ1) is 4.43. The van der Waals surface area contributed by atoms with Crippen molar-refractivity contribution in [2.45, 2.75) is 12.6 Å². The molecule has 0 bridgehead atoms. The summed E-state index contributed by atoms with van der Waals surface area (Å²) < 4.78 is 0. The van der Waals surface area contributed by atoms with Gasteiger partial charge in [-0.25, -0.2) is 4.79 Å². The third-order valence-electron chi connectivity index (χ3n) is 1.03. The highest BCUT2D eigenvalue weighted by Crippen LogP contribution is 2.02. The highest BCUT2D eigenvalue weighted by atomic mass is 16.1. The largest absolute Gasteiger partial charge is 0.265 e. The molecule has 0 saturated carbocycles. The van der Waals surface area contributed by atoms with E-state index in [0.29, 0.717) is 6.42 Å². The average molecular weight is 122 g/mol. The Bertz CT molecular complexity index is 189. The molecule has 0 saturated heterocycles. The van der Waals surface area contributed by atoms with Crippen LogP contribution in [0.2, 0.25) is 0 Å². The number of dihydropyridines is 1. The van der Waals surface area contributed by atoms with Crippen LogP contribution >= 0.6 is 0 Å². The molecule has 0 amide bonds. The van der Waals surface area contributed by atoms with Crippen LogP contribution < -0.4 is 0 Å². The van der Waals surface area contributed by atoms with Crippen LogP contribution in [-0.2, 0) is 4.79 Å². The molecule has 0 radical (unpaired) electrons. The molecule has 0 fully saturated rings. The molecule has 1 atom stereocenters. The van der Waals surface area contributed by atoms with Crippen LogP contribution in [0.15, 0.2) is 22.1 Å². The molecular formula is C6H6N2O. The summed E-state index contributed by atoms with van der Waals surface area (Å²) in [6, 6.07) is 0. The molecule has 3 nitrogen and oxygen atoms in total. The molecule has 46 valence electrons. The van der Waals surface area contributed by atoms with Crippen LogP contribution in [0.1, 0.15) is 6.42 Å². The van der Waals surface area contributed by atoms with Crippen molar-refractivity contribution in [3.63, 3.8) is 0 Å². The number of aliphatic imine (C=N–C) groups is 2. The second-order valence-electron chi connectivity index (χ2n) is 1.66. The van der Waals surface area contributed by atoms with E-state index in [2.05, 4.69) is 9.98 Å². The van der Waals surface area contributed by atoms with Crippen LogP contribution in [0.5, 0.6) is 0 Å². The molecule has 1 unspecified atom stereocenters. The van der Waals surface area contributed by atoms with E-state index in [9.17, 15) is 4.79 Å². The topological polar surface area (TPSA) is 41.8 Å². The summed E-state index contributed by atoms with van der Waals surface area (Å²) in [6.45, 7) is 0. The Morgan fingerprint density at radius 3 is 3.22 bits per heavy atom. The third-order valence-corrected chi connectivity index (χ3v) is 1.03. The zero-order valence-corrected chi connectivity index (χ0v) is 4.82. The normalized spacial score (nSPS) is 23.3. The van der Waals surface area contributed by atoms with E-state index in [1.165, 1.54) is 6.08 Å². The van der Waals surface area contributed by atoms with E-state index in [4.69, 9.17) is 0 Å². The van der Waals surface area contributed by atoms with E-state index in [1.54, 1.807) is 6.21 Å². The van der Waals surface area contributed by atoms with Gasteiger partial charge < -0.3 is 0 Å². The fourth-order valence-corrected chi connectivity index (χ4v) is 0.618. The van der Waals surface area contributed by atoms with Crippen LogP contribution in [0.3, 0.4) is 0 Å². The van der Waals surface area contributed by atoms with Gasteiger partial charge in [0.05, 0.1) is 0 Å². The number of hydrogen-bond donors (Lipinski definition) is 0. The Morgan fingerprint density at radius 1 is 1.78 bits per heavy atom. The summed E-state index contributed by atoms with van der Waals surface area (Å²) in [7, 11) is 0. The second kappa shape index (κ2) is 2.95. The molecule has 1 rings (SSSR count). The summed E-state index contributed by atoms with van der Waals surface area (Å²) >= 11 is 0. The highest BCUT2D eigenvalue weighted by molar-refractivity contribution is 5.72. The molecule has 3 heteroatoms. The molecule has 0 N–H and O–H groups in total. The minimum Gasteiger partial charge on any atom is -0.265 e. The van der Waals surface area contributed by atoms with Gasteiger partial charge in [0.25, 0.3) is 0 Å². The van der Waals surface area contributed by atoms with Gasteiger partial charge in [-0.05, 0) is 6.08 Å². The fraction of sp³-hybridized carbons (Fsp3) is 0.333. The van der Waals surface area contributed by atoms with Gasteiger partial charge in [0.1, 0.15) is 0 Å². The Hall–Kier alpha value is -1.21. The van der Waals surface area contributed by atoms with Gasteiger partial charge in [-0.2, -0.15) is 4.99 Å². The molecular weight excluding hydrogens is 116 g/mol. The van der Waals surface area contributed by atoms with Gasteiger partial charge in [0.15, 0.2) is 6.17 Å². The number of rotatable bonds is 1. The molecule has 0 aliphatic carbocycles. The quantitative estimate of drug-likeness (QED) is 0.372. The van der Waals surface area contributed by atoms with Crippen molar-refractivity contribution in [2.24, 2.45) is 9.98 Å². The van der Waals surface area contributed by atoms with Gasteiger partial charge in [-0.3, -0.25) is 4.99 Å². The van der Waals surface area contributed by atoms with Crippen molar-refractivity contribution in [1.29, 1.82) is 0 Å². The van der Waals surface area contributed by atoms with Crippen LogP contribution in [0, 0.1) is 0 Å². The van der Waals surface area contributed by atoms with Gasteiger partial charge in [0.2, 0.25) is 6.08 Å². The number of carbonyl (C=O) groups excluding carboxylic acids is 1. The third kappa shape index (κ3) is 1.63. The van der Waals surface area contributed by atoms with E-state index in [-0.39, 0.29) is 6.17 Å².